The topological polar surface area (TPSA) is 84.2 Å². The lowest BCUT2D eigenvalue weighted by atomic mass is 10.1. The number of aryl methyl sites for hydroxylation is 1. The maximum atomic E-state index is 13.7. The molecular formula is C18H21F2N3O3. The Kier molecular flexibility index (Phi) is 6.07. The summed E-state index contributed by atoms with van der Waals surface area (Å²) in [6.07, 6.45) is 1.57. The molecule has 2 amide bonds. The normalized spacial score (nSPS) is 11.3. The first-order chi connectivity index (χ1) is 12.1. The molecule has 2 rings (SSSR count). The van der Waals surface area contributed by atoms with Gasteiger partial charge in [-0.05, 0) is 32.9 Å². The molecule has 6 nitrogen and oxygen atoms in total. The number of rotatable bonds is 6. The Labute approximate surface area is 150 Å². The first-order valence-electron chi connectivity index (χ1n) is 8.12. The number of nitrogens with zero attached hydrogens (tertiary/aromatic N) is 1. The van der Waals surface area contributed by atoms with E-state index in [-0.39, 0.29) is 54.0 Å². The van der Waals surface area contributed by atoms with E-state index in [4.69, 9.17) is 4.42 Å². The molecule has 0 saturated carbocycles. The molecule has 140 valence electrons. The number of carbonyl (C=O) groups is 2. The number of hydrogen-bond donors (Lipinski definition) is 2. The van der Waals surface area contributed by atoms with Gasteiger partial charge < -0.3 is 15.1 Å². The Morgan fingerprint density at radius 2 is 1.92 bits per heavy atom. The van der Waals surface area contributed by atoms with Crippen molar-refractivity contribution in [2.45, 2.75) is 39.2 Å². The van der Waals surface area contributed by atoms with Crippen molar-refractivity contribution in [2.24, 2.45) is 0 Å². The molecule has 2 N–H and O–H groups in total. The summed E-state index contributed by atoms with van der Waals surface area (Å²) in [6, 6.07) is 3.14. The standard InChI is InChI=1S/C18H21F2N3O3/c1-18(2,3)23-16(25)10-21-15(24)6-7-17-22-9-14(26-17)12-5-4-11(19)8-13(12)20/h4-5,8-9H,6-7,10H2,1-3H3,(H,21,24)(H,23,25). The van der Waals surface area contributed by atoms with Crippen molar-refractivity contribution in [1.82, 2.24) is 15.6 Å². The largest absolute Gasteiger partial charge is 0.441 e. The molecule has 26 heavy (non-hydrogen) atoms. The van der Waals surface area contributed by atoms with Crippen molar-refractivity contribution >= 4 is 11.8 Å². The number of amides is 2. The van der Waals surface area contributed by atoms with Gasteiger partial charge in [0.1, 0.15) is 11.6 Å². The highest BCUT2D eigenvalue weighted by Crippen LogP contribution is 2.24. The molecule has 0 saturated heterocycles. The third-order valence-electron chi connectivity index (χ3n) is 3.28. The summed E-state index contributed by atoms with van der Waals surface area (Å²) in [5, 5.41) is 5.24. The van der Waals surface area contributed by atoms with Crippen LogP contribution < -0.4 is 10.6 Å². The zero-order valence-corrected chi connectivity index (χ0v) is 14.9. The van der Waals surface area contributed by atoms with Crippen LogP contribution in [0.1, 0.15) is 33.1 Å². The number of carbonyl (C=O) groups excluding carboxylic acids is 2. The molecule has 0 fully saturated rings. The second kappa shape index (κ2) is 8.07. The van der Waals surface area contributed by atoms with E-state index in [1.165, 1.54) is 12.3 Å². The summed E-state index contributed by atoms with van der Waals surface area (Å²) in [7, 11) is 0. The van der Waals surface area contributed by atoms with E-state index in [9.17, 15) is 18.4 Å². The van der Waals surface area contributed by atoms with E-state index < -0.39 is 11.6 Å². The highest BCUT2D eigenvalue weighted by atomic mass is 19.1. The maximum absolute atomic E-state index is 13.7. The van der Waals surface area contributed by atoms with E-state index in [0.717, 1.165) is 12.1 Å². The summed E-state index contributed by atoms with van der Waals surface area (Å²) in [5.74, 6) is -1.65. The van der Waals surface area contributed by atoms with Crippen LogP contribution in [-0.2, 0) is 16.0 Å². The van der Waals surface area contributed by atoms with Gasteiger partial charge in [-0.1, -0.05) is 0 Å². The molecule has 1 heterocycles. The second-order valence-corrected chi connectivity index (χ2v) is 6.82. The van der Waals surface area contributed by atoms with Gasteiger partial charge in [0, 0.05) is 24.4 Å². The number of nitrogens with one attached hydrogen (secondary N) is 2. The molecule has 1 aromatic carbocycles. The van der Waals surface area contributed by atoms with Crippen molar-refractivity contribution in [2.75, 3.05) is 6.54 Å². The van der Waals surface area contributed by atoms with Crippen molar-refractivity contribution in [3.05, 3.63) is 41.9 Å². The Hall–Kier alpha value is -2.77. The highest BCUT2D eigenvalue weighted by Gasteiger charge is 2.15. The quantitative estimate of drug-likeness (QED) is 0.824. The van der Waals surface area contributed by atoms with Gasteiger partial charge >= 0.3 is 0 Å². The minimum atomic E-state index is -0.754. The van der Waals surface area contributed by atoms with Crippen LogP contribution in [-0.4, -0.2) is 28.9 Å². The molecule has 0 aliphatic rings. The molecule has 0 atom stereocenters. The molecule has 8 heteroatoms. The van der Waals surface area contributed by atoms with Gasteiger partial charge in [0.25, 0.3) is 0 Å². The zero-order valence-electron chi connectivity index (χ0n) is 14.9. The molecule has 0 aliphatic carbocycles. The predicted octanol–water partition coefficient (Wildman–Crippen LogP) is 2.58. The Balaban J connectivity index is 1.84. The minimum Gasteiger partial charge on any atom is -0.441 e. The smallest absolute Gasteiger partial charge is 0.239 e. The van der Waals surface area contributed by atoms with Crippen LogP contribution in [0.3, 0.4) is 0 Å². The zero-order chi connectivity index (χ0) is 19.3. The molecular weight excluding hydrogens is 344 g/mol. The van der Waals surface area contributed by atoms with Gasteiger partial charge in [0.2, 0.25) is 11.8 Å². The molecule has 0 aliphatic heterocycles. The molecule has 0 bridgehead atoms. The molecule has 0 unspecified atom stereocenters. The van der Waals surface area contributed by atoms with E-state index >= 15 is 0 Å². The van der Waals surface area contributed by atoms with Crippen LogP contribution in [0.25, 0.3) is 11.3 Å². The van der Waals surface area contributed by atoms with Crippen LogP contribution in [0.2, 0.25) is 0 Å². The third-order valence-corrected chi connectivity index (χ3v) is 3.28. The lowest BCUT2D eigenvalue weighted by Crippen LogP contribution is -2.45. The molecule has 2 aromatic rings. The van der Waals surface area contributed by atoms with Crippen molar-refractivity contribution in [3.8, 4) is 11.3 Å². The van der Waals surface area contributed by atoms with Crippen LogP contribution >= 0.6 is 0 Å². The molecule has 0 spiro atoms. The monoisotopic (exact) mass is 365 g/mol. The highest BCUT2D eigenvalue weighted by molar-refractivity contribution is 5.85. The summed E-state index contributed by atoms with van der Waals surface area (Å²) >= 11 is 0. The minimum absolute atomic E-state index is 0.0641. The number of oxazole rings is 1. The van der Waals surface area contributed by atoms with Gasteiger partial charge in [-0.3, -0.25) is 9.59 Å². The lowest BCUT2D eigenvalue weighted by Gasteiger charge is -2.20. The summed E-state index contributed by atoms with van der Waals surface area (Å²) in [6.45, 7) is 5.41. The fourth-order valence-electron chi connectivity index (χ4n) is 2.19. The number of hydrogen-bond acceptors (Lipinski definition) is 4. The Morgan fingerprint density at radius 1 is 1.19 bits per heavy atom. The number of halogens is 2. The lowest BCUT2D eigenvalue weighted by molar-refractivity contribution is -0.126. The van der Waals surface area contributed by atoms with Crippen LogP contribution in [0, 0.1) is 11.6 Å². The van der Waals surface area contributed by atoms with E-state index in [2.05, 4.69) is 15.6 Å². The van der Waals surface area contributed by atoms with E-state index in [0.29, 0.717) is 0 Å². The average Bonchev–Trinajstić information content (AvgIpc) is 2.98. The molecule has 1 aromatic heterocycles. The summed E-state index contributed by atoms with van der Waals surface area (Å²) < 4.78 is 32.1. The summed E-state index contributed by atoms with van der Waals surface area (Å²) in [5.41, 5.74) is -0.278. The molecule has 0 radical (unpaired) electrons. The van der Waals surface area contributed by atoms with E-state index in [1.54, 1.807) is 0 Å². The second-order valence-electron chi connectivity index (χ2n) is 6.82. The first kappa shape index (κ1) is 19.6. The van der Waals surface area contributed by atoms with Gasteiger partial charge in [0.15, 0.2) is 11.7 Å². The first-order valence-corrected chi connectivity index (χ1v) is 8.12. The fraction of sp³-hybridized carbons (Fsp3) is 0.389. The fourth-order valence-corrected chi connectivity index (χ4v) is 2.19. The van der Waals surface area contributed by atoms with Crippen LogP contribution in [0.4, 0.5) is 8.78 Å². The van der Waals surface area contributed by atoms with Crippen molar-refractivity contribution in [1.29, 1.82) is 0 Å². The maximum Gasteiger partial charge on any atom is 0.239 e. The summed E-state index contributed by atoms with van der Waals surface area (Å²) in [4.78, 5) is 27.4. The van der Waals surface area contributed by atoms with Crippen LogP contribution in [0.15, 0.2) is 28.8 Å². The number of benzene rings is 1. The van der Waals surface area contributed by atoms with E-state index in [1.807, 2.05) is 20.8 Å². The number of aromatic nitrogens is 1. The van der Waals surface area contributed by atoms with Crippen molar-refractivity contribution < 1.29 is 22.8 Å². The average molecular weight is 365 g/mol. The van der Waals surface area contributed by atoms with Crippen molar-refractivity contribution in [3.63, 3.8) is 0 Å². The SMILES string of the molecule is CC(C)(C)NC(=O)CNC(=O)CCc1ncc(-c2ccc(F)cc2F)o1. The van der Waals surface area contributed by atoms with Gasteiger partial charge in [0.05, 0.1) is 18.3 Å². The van der Waals surface area contributed by atoms with Gasteiger partial charge in [-0.2, -0.15) is 0 Å². The third kappa shape index (κ3) is 5.94. The van der Waals surface area contributed by atoms with Crippen LogP contribution in [0.5, 0.6) is 0 Å². The Morgan fingerprint density at radius 3 is 2.58 bits per heavy atom. The predicted molar refractivity (Wildman–Crippen MR) is 91.1 cm³/mol. The Bertz CT molecular complexity index is 797. The van der Waals surface area contributed by atoms with Gasteiger partial charge in [-0.15, -0.1) is 0 Å². The van der Waals surface area contributed by atoms with Gasteiger partial charge in [-0.25, -0.2) is 13.8 Å².